The SMILES string of the molecule is N#Cc1cc(-n2c3ccccc3c3cc(-c4ccccc4)ccc32)c(-c2cccc(C(F)(F)F)c2)c(-n2c3ccccc3c3cc(-c4ccccc4)ccc32)c1. The highest BCUT2D eigenvalue weighted by molar-refractivity contribution is 6.13. The van der Waals surface area contributed by atoms with Gasteiger partial charge in [-0.3, -0.25) is 0 Å². The second-order valence-corrected chi connectivity index (χ2v) is 14.0. The Balaban J connectivity index is 1.34. The van der Waals surface area contributed by atoms with Gasteiger partial charge in [-0.1, -0.05) is 121 Å². The molecule has 3 nitrogen and oxygen atoms in total. The van der Waals surface area contributed by atoms with E-state index in [0.717, 1.165) is 71.9 Å². The van der Waals surface area contributed by atoms with Crippen LogP contribution in [0.5, 0.6) is 0 Å². The number of benzene rings is 8. The summed E-state index contributed by atoms with van der Waals surface area (Å²) in [5, 5.41) is 14.6. The van der Waals surface area contributed by atoms with E-state index in [1.165, 1.54) is 12.1 Å². The first kappa shape index (κ1) is 33.2. The Morgan fingerprint density at radius 1 is 0.393 bits per heavy atom. The minimum atomic E-state index is -4.57. The Morgan fingerprint density at radius 3 is 1.32 bits per heavy atom. The van der Waals surface area contributed by atoms with Crippen molar-refractivity contribution in [3.05, 3.63) is 193 Å². The first-order valence-corrected chi connectivity index (χ1v) is 18.3. The topological polar surface area (TPSA) is 33.6 Å². The number of fused-ring (bicyclic) bond motifs is 6. The van der Waals surface area contributed by atoms with Crippen LogP contribution in [-0.2, 0) is 6.18 Å². The molecule has 0 bridgehead atoms. The summed E-state index contributed by atoms with van der Waals surface area (Å²) in [6.45, 7) is 0. The summed E-state index contributed by atoms with van der Waals surface area (Å²) in [5.74, 6) is 0. The van der Waals surface area contributed by atoms with Crippen molar-refractivity contribution < 1.29 is 13.2 Å². The van der Waals surface area contributed by atoms with Gasteiger partial charge in [0.15, 0.2) is 0 Å². The molecule has 2 heterocycles. The van der Waals surface area contributed by atoms with Crippen LogP contribution in [0.4, 0.5) is 13.2 Å². The largest absolute Gasteiger partial charge is 0.416 e. The molecule has 0 N–H and O–H groups in total. The lowest BCUT2D eigenvalue weighted by atomic mass is 9.96. The normalized spacial score (nSPS) is 11.8. The van der Waals surface area contributed by atoms with E-state index in [-0.39, 0.29) is 0 Å². The van der Waals surface area contributed by atoms with Crippen molar-refractivity contribution in [1.29, 1.82) is 5.26 Å². The van der Waals surface area contributed by atoms with Crippen molar-refractivity contribution in [3.63, 3.8) is 0 Å². The number of alkyl halides is 3. The zero-order valence-corrected chi connectivity index (χ0v) is 29.8. The van der Waals surface area contributed by atoms with Gasteiger partial charge in [-0.05, 0) is 88.5 Å². The van der Waals surface area contributed by atoms with Crippen molar-refractivity contribution in [3.8, 4) is 50.8 Å². The number of nitrogens with zero attached hydrogens (tertiary/aromatic N) is 3. The third-order valence-electron chi connectivity index (χ3n) is 10.7. The zero-order valence-electron chi connectivity index (χ0n) is 29.8. The molecule has 0 radical (unpaired) electrons. The lowest BCUT2D eigenvalue weighted by Gasteiger charge is -2.21. The van der Waals surface area contributed by atoms with E-state index in [1.807, 2.05) is 72.8 Å². The molecule has 0 amide bonds. The average molecular weight is 730 g/mol. The van der Waals surface area contributed by atoms with Gasteiger partial charge in [0, 0.05) is 27.1 Å². The van der Waals surface area contributed by atoms with Gasteiger partial charge in [0.25, 0.3) is 0 Å². The third-order valence-corrected chi connectivity index (χ3v) is 10.7. The predicted molar refractivity (Wildman–Crippen MR) is 221 cm³/mol. The molecule has 0 saturated heterocycles. The maximum atomic E-state index is 14.5. The highest BCUT2D eigenvalue weighted by atomic mass is 19.4. The summed E-state index contributed by atoms with van der Waals surface area (Å²) >= 11 is 0. The molecule has 10 rings (SSSR count). The maximum Gasteiger partial charge on any atom is 0.416 e. The van der Waals surface area contributed by atoms with Gasteiger partial charge in [0.1, 0.15) is 0 Å². The van der Waals surface area contributed by atoms with Crippen LogP contribution in [0.25, 0.3) is 88.4 Å². The fourth-order valence-corrected chi connectivity index (χ4v) is 8.26. The number of hydrogen-bond donors (Lipinski definition) is 0. The third kappa shape index (κ3) is 5.36. The van der Waals surface area contributed by atoms with E-state index in [0.29, 0.717) is 28.1 Å². The summed E-state index contributed by atoms with van der Waals surface area (Å²) in [4.78, 5) is 0. The molecule has 8 aromatic carbocycles. The first-order valence-electron chi connectivity index (χ1n) is 18.3. The minimum Gasteiger partial charge on any atom is -0.308 e. The second-order valence-electron chi connectivity index (χ2n) is 14.0. The lowest BCUT2D eigenvalue weighted by Crippen LogP contribution is -2.07. The van der Waals surface area contributed by atoms with Crippen LogP contribution in [0, 0.1) is 11.3 Å². The minimum absolute atomic E-state index is 0.379. The average Bonchev–Trinajstić information content (AvgIpc) is 3.75. The molecular weight excluding hydrogens is 700 g/mol. The van der Waals surface area contributed by atoms with E-state index in [9.17, 15) is 18.4 Å². The molecule has 0 aliphatic carbocycles. The molecular formula is C50H30F3N3. The molecule has 0 unspecified atom stereocenters. The maximum absolute atomic E-state index is 14.5. The van der Waals surface area contributed by atoms with E-state index in [2.05, 4.69) is 88.0 Å². The molecule has 0 aliphatic heterocycles. The molecule has 56 heavy (non-hydrogen) atoms. The van der Waals surface area contributed by atoms with E-state index >= 15 is 0 Å². The van der Waals surface area contributed by atoms with Crippen molar-refractivity contribution in [2.24, 2.45) is 0 Å². The zero-order chi connectivity index (χ0) is 38.0. The Bertz CT molecular complexity index is 3010. The van der Waals surface area contributed by atoms with Gasteiger partial charge < -0.3 is 9.13 Å². The van der Waals surface area contributed by atoms with Crippen LogP contribution in [-0.4, -0.2) is 9.13 Å². The Hall–Kier alpha value is -7.36. The predicted octanol–water partition coefficient (Wildman–Crippen LogP) is 13.8. The summed E-state index contributed by atoms with van der Waals surface area (Å²) in [5.41, 5.74) is 9.51. The van der Waals surface area contributed by atoms with Crippen LogP contribution in [0.15, 0.2) is 182 Å². The summed E-state index contributed by atoms with van der Waals surface area (Å²) < 4.78 is 47.7. The van der Waals surface area contributed by atoms with Crippen LogP contribution in [0.2, 0.25) is 0 Å². The van der Waals surface area contributed by atoms with Gasteiger partial charge in [-0.15, -0.1) is 0 Å². The van der Waals surface area contributed by atoms with Gasteiger partial charge in [-0.2, -0.15) is 18.4 Å². The van der Waals surface area contributed by atoms with E-state index < -0.39 is 11.7 Å². The van der Waals surface area contributed by atoms with Crippen LogP contribution in [0.1, 0.15) is 11.1 Å². The monoisotopic (exact) mass is 729 g/mol. The highest BCUT2D eigenvalue weighted by Crippen LogP contribution is 2.45. The van der Waals surface area contributed by atoms with Crippen molar-refractivity contribution in [2.75, 3.05) is 0 Å². The Labute approximate surface area is 320 Å². The van der Waals surface area contributed by atoms with Gasteiger partial charge in [0.2, 0.25) is 0 Å². The molecule has 0 spiro atoms. The summed E-state index contributed by atoms with van der Waals surface area (Å²) in [7, 11) is 0. The molecule has 10 aromatic rings. The van der Waals surface area contributed by atoms with Gasteiger partial charge >= 0.3 is 6.18 Å². The fourth-order valence-electron chi connectivity index (χ4n) is 8.26. The van der Waals surface area contributed by atoms with Gasteiger partial charge in [0.05, 0.1) is 50.6 Å². The molecule has 0 atom stereocenters. The van der Waals surface area contributed by atoms with Crippen LogP contribution >= 0.6 is 0 Å². The van der Waals surface area contributed by atoms with Gasteiger partial charge in [-0.25, -0.2) is 0 Å². The van der Waals surface area contributed by atoms with Crippen molar-refractivity contribution in [2.45, 2.75) is 6.18 Å². The first-order chi connectivity index (χ1) is 27.4. The Kier molecular flexibility index (Phi) is 7.65. The fraction of sp³-hybridized carbons (Fsp3) is 0.0200. The number of nitriles is 1. The summed E-state index contributed by atoms with van der Waals surface area (Å²) in [6.07, 6.45) is -4.57. The molecule has 266 valence electrons. The molecule has 0 fully saturated rings. The van der Waals surface area contributed by atoms with E-state index in [4.69, 9.17) is 0 Å². The van der Waals surface area contributed by atoms with Crippen molar-refractivity contribution >= 4 is 43.6 Å². The van der Waals surface area contributed by atoms with Crippen LogP contribution < -0.4 is 0 Å². The lowest BCUT2D eigenvalue weighted by molar-refractivity contribution is -0.137. The summed E-state index contributed by atoms with van der Waals surface area (Å²) in [6, 6.07) is 60.5. The second kappa shape index (κ2) is 12.9. The smallest absolute Gasteiger partial charge is 0.308 e. The molecule has 6 heteroatoms. The molecule has 0 saturated carbocycles. The molecule has 0 aliphatic rings. The number of hydrogen-bond acceptors (Lipinski definition) is 1. The number of rotatable bonds is 5. The van der Waals surface area contributed by atoms with Crippen LogP contribution in [0.3, 0.4) is 0 Å². The highest BCUT2D eigenvalue weighted by Gasteiger charge is 2.31. The standard InChI is InChI=1S/C50H30F3N3/c51-50(52,53)38-17-11-16-37(28-38)49-47(55-43-20-9-7-18-39(43)41-29-35(22-24-45(41)55)33-12-3-1-4-13-33)26-32(31-54)27-48(49)56-44-21-10-8-19-40(44)42-30-36(23-25-46(42)56)34-14-5-2-6-15-34/h1-30H. The number of aromatic nitrogens is 2. The quantitative estimate of drug-likeness (QED) is 0.174. The number of para-hydroxylation sites is 2. The van der Waals surface area contributed by atoms with Crippen molar-refractivity contribution in [1.82, 2.24) is 9.13 Å². The van der Waals surface area contributed by atoms with E-state index in [1.54, 1.807) is 18.2 Å². The Morgan fingerprint density at radius 2 is 0.839 bits per heavy atom. The molecule has 2 aromatic heterocycles. The number of halogens is 3.